The molecule has 1 fully saturated rings. The maximum Gasteiger partial charge on any atom is 0.325 e. The summed E-state index contributed by atoms with van der Waals surface area (Å²) in [7, 11) is 1.69. The number of hydrogen-bond donors (Lipinski definition) is 3. The maximum absolute atomic E-state index is 12.3. The van der Waals surface area contributed by atoms with Crippen LogP contribution in [-0.2, 0) is 11.3 Å². The topological polar surface area (TPSA) is 98.7 Å². The molecule has 1 aliphatic heterocycles. The number of hydrogen-bond acceptors (Lipinski definition) is 4. The summed E-state index contributed by atoms with van der Waals surface area (Å²) in [4.78, 5) is 33.9. The van der Waals surface area contributed by atoms with E-state index in [2.05, 4.69) is 25.9 Å². The molecule has 8 heteroatoms. The van der Waals surface area contributed by atoms with Crippen LogP contribution < -0.4 is 16.0 Å². The largest absolute Gasteiger partial charge is 0.356 e. The number of nitrogens with one attached hydrogen (secondary N) is 3. The zero-order valence-corrected chi connectivity index (χ0v) is 15.0. The van der Waals surface area contributed by atoms with Crippen molar-refractivity contribution in [2.24, 2.45) is 4.99 Å². The molecule has 0 radical (unpaired) electrons. The number of rotatable bonds is 7. The van der Waals surface area contributed by atoms with E-state index in [1.54, 1.807) is 20.2 Å². The molecule has 1 saturated heterocycles. The van der Waals surface area contributed by atoms with Crippen molar-refractivity contribution in [3.8, 4) is 0 Å². The number of carbonyl (C=O) groups is 2. The number of pyridine rings is 1. The first-order valence-electron chi connectivity index (χ1n) is 8.48. The Balaban J connectivity index is 1.73. The van der Waals surface area contributed by atoms with Crippen molar-refractivity contribution in [1.29, 1.82) is 0 Å². The molecule has 0 aliphatic carbocycles. The van der Waals surface area contributed by atoms with Crippen molar-refractivity contribution in [3.63, 3.8) is 0 Å². The Kier molecular flexibility index (Phi) is 6.32. The summed E-state index contributed by atoms with van der Waals surface area (Å²) in [6.45, 7) is 5.20. The standard InChI is InChI=1S/C17H26N6O2/c1-4-17(2)14(24)23(16(25)22-17)11-7-10-20-15(18-3)21-12-13-8-5-6-9-19-13/h5-6,8-9H,4,7,10-12H2,1-3H3,(H,22,25)(H2,18,20,21). The molecule has 25 heavy (non-hydrogen) atoms. The Morgan fingerprint density at radius 2 is 2.16 bits per heavy atom. The first kappa shape index (κ1) is 18.7. The van der Waals surface area contributed by atoms with Crippen LogP contribution >= 0.6 is 0 Å². The summed E-state index contributed by atoms with van der Waals surface area (Å²) in [5.74, 6) is 0.499. The third kappa shape index (κ3) is 4.68. The fourth-order valence-corrected chi connectivity index (χ4v) is 2.53. The maximum atomic E-state index is 12.3. The molecule has 1 aromatic rings. The second-order valence-corrected chi connectivity index (χ2v) is 6.10. The van der Waals surface area contributed by atoms with Crippen LogP contribution in [0.15, 0.2) is 29.4 Å². The number of amides is 3. The lowest BCUT2D eigenvalue weighted by Gasteiger charge is -2.19. The van der Waals surface area contributed by atoms with Gasteiger partial charge < -0.3 is 16.0 Å². The molecule has 136 valence electrons. The molecule has 1 aliphatic rings. The van der Waals surface area contributed by atoms with Gasteiger partial charge in [0.15, 0.2) is 5.96 Å². The zero-order chi connectivity index (χ0) is 18.3. The lowest BCUT2D eigenvalue weighted by atomic mass is 9.99. The molecule has 1 atom stereocenters. The summed E-state index contributed by atoms with van der Waals surface area (Å²) in [5.41, 5.74) is 0.147. The van der Waals surface area contributed by atoms with E-state index in [0.717, 1.165) is 5.69 Å². The van der Waals surface area contributed by atoms with Gasteiger partial charge in [-0.2, -0.15) is 0 Å². The predicted molar refractivity (Wildman–Crippen MR) is 96.0 cm³/mol. The molecule has 3 amide bonds. The highest BCUT2D eigenvalue weighted by Crippen LogP contribution is 2.20. The Morgan fingerprint density at radius 1 is 1.36 bits per heavy atom. The van der Waals surface area contributed by atoms with E-state index in [1.165, 1.54) is 4.90 Å². The Labute approximate surface area is 148 Å². The Bertz CT molecular complexity index is 633. The van der Waals surface area contributed by atoms with Gasteiger partial charge in [0.05, 0.1) is 12.2 Å². The van der Waals surface area contributed by atoms with E-state index in [1.807, 2.05) is 25.1 Å². The van der Waals surface area contributed by atoms with Crippen molar-refractivity contribution in [1.82, 2.24) is 25.8 Å². The van der Waals surface area contributed by atoms with E-state index >= 15 is 0 Å². The number of guanidine groups is 1. The summed E-state index contributed by atoms with van der Waals surface area (Å²) >= 11 is 0. The molecule has 2 heterocycles. The highest BCUT2D eigenvalue weighted by atomic mass is 16.2. The molecule has 2 rings (SSSR count). The zero-order valence-electron chi connectivity index (χ0n) is 15.0. The Hall–Kier alpha value is -2.64. The minimum Gasteiger partial charge on any atom is -0.356 e. The van der Waals surface area contributed by atoms with Crippen LogP contribution in [0.4, 0.5) is 4.79 Å². The summed E-state index contributed by atoms with van der Waals surface area (Å²) in [5, 5.41) is 9.09. The van der Waals surface area contributed by atoms with Crippen LogP contribution in [0.3, 0.4) is 0 Å². The molecule has 0 saturated carbocycles. The fraction of sp³-hybridized carbons (Fsp3) is 0.529. The van der Waals surface area contributed by atoms with Gasteiger partial charge in [-0.1, -0.05) is 13.0 Å². The van der Waals surface area contributed by atoms with E-state index in [9.17, 15) is 9.59 Å². The fourth-order valence-electron chi connectivity index (χ4n) is 2.53. The van der Waals surface area contributed by atoms with Crippen LogP contribution in [0, 0.1) is 0 Å². The highest BCUT2D eigenvalue weighted by Gasteiger charge is 2.45. The summed E-state index contributed by atoms with van der Waals surface area (Å²) < 4.78 is 0. The van der Waals surface area contributed by atoms with Crippen molar-refractivity contribution in [3.05, 3.63) is 30.1 Å². The molecule has 0 aromatic carbocycles. The third-order valence-electron chi connectivity index (χ3n) is 4.29. The van der Waals surface area contributed by atoms with Crippen LogP contribution in [0.5, 0.6) is 0 Å². The second-order valence-electron chi connectivity index (χ2n) is 6.10. The smallest absolute Gasteiger partial charge is 0.325 e. The van der Waals surface area contributed by atoms with Gasteiger partial charge in [-0.25, -0.2) is 4.79 Å². The van der Waals surface area contributed by atoms with E-state index in [-0.39, 0.29) is 11.9 Å². The number of imide groups is 1. The van der Waals surface area contributed by atoms with Crippen molar-refractivity contribution >= 4 is 17.9 Å². The molecule has 0 bridgehead atoms. The van der Waals surface area contributed by atoms with Gasteiger partial charge >= 0.3 is 6.03 Å². The number of nitrogens with zero attached hydrogens (tertiary/aromatic N) is 3. The van der Waals surface area contributed by atoms with E-state index in [0.29, 0.717) is 38.4 Å². The summed E-state index contributed by atoms with van der Waals surface area (Å²) in [6, 6.07) is 5.42. The predicted octanol–water partition coefficient (Wildman–Crippen LogP) is 0.857. The normalized spacial score (nSPS) is 20.6. The molecule has 3 N–H and O–H groups in total. The van der Waals surface area contributed by atoms with Gasteiger partial charge in [-0.3, -0.25) is 19.7 Å². The van der Waals surface area contributed by atoms with Crippen molar-refractivity contribution in [2.75, 3.05) is 20.1 Å². The van der Waals surface area contributed by atoms with Gasteiger partial charge in [0.25, 0.3) is 5.91 Å². The second kappa shape index (κ2) is 8.46. The van der Waals surface area contributed by atoms with Gasteiger partial charge in [0.1, 0.15) is 5.54 Å². The summed E-state index contributed by atoms with van der Waals surface area (Å²) in [6.07, 6.45) is 2.97. The molecule has 1 aromatic heterocycles. The van der Waals surface area contributed by atoms with Crippen LogP contribution in [-0.4, -0.2) is 53.5 Å². The lowest BCUT2D eigenvalue weighted by Crippen LogP contribution is -2.43. The van der Waals surface area contributed by atoms with Gasteiger partial charge in [-0.05, 0) is 31.9 Å². The average molecular weight is 346 g/mol. The quantitative estimate of drug-likeness (QED) is 0.294. The molecule has 1 unspecified atom stereocenters. The van der Waals surface area contributed by atoms with Gasteiger partial charge in [-0.15, -0.1) is 0 Å². The van der Waals surface area contributed by atoms with Gasteiger partial charge in [0.2, 0.25) is 0 Å². The minimum absolute atomic E-state index is 0.155. The van der Waals surface area contributed by atoms with Crippen molar-refractivity contribution < 1.29 is 9.59 Å². The first-order valence-corrected chi connectivity index (χ1v) is 8.48. The number of urea groups is 1. The van der Waals surface area contributed by atoms with Crippen LogP contribution in [0.2, 0.25) is 0 Å². The number of aromatic nitrogens is 1. The molecule has 8 nitrogen and oxygen atoms in total. The monoisotopic (exact) mass is 346 g/mol. The minimum atomic E-state index is -0.773. The molecule has 0 spiro atoms. The van der Waals surface area contributed by atoms with Crippen molar-refractivity contribution in [2.45, 2.75) is 38.8 Å². The van der Waals surface area contributed by atoms with E-state index in [4.69, 9.17) is 0 Å². The first-order chi connectivity index (χ1) is 12.0. The Morgan fingerprint density at radius 3 is 2.76 bits per heavy atom. The molecular formula is C17H26N6O2. The third-order valence-corrected chi connectivity index (χ3v) is 4.29. The molecular weight excluding hydrogens is 320 g/mol. The van der Waals surface area contributed by atoms with E-state index < -0.39 is 5.54 Å². The number of aliphatic imine (C=N–C) groups is 1. The van der Waals surface area contributed by atoms with Gasteiger partial charge in [0, 0.05) is 26.3 Å². The highest BCUT2D eigenvalue weighted by molar-refractivity contribution is 6.06. The SMILES string of the molecule is CCC1(C)NC(=O)N(CCCNC(=NC)NCc2ccccn2)C1=O. The van der Waals surface area contributed by atoms with Crippen LogP contribution in [0.25, 0.3) is 0 Å². The lowest BCUT2D eigenvalue weighted by molar-refractivity contribution is -0.130. The number of carbonyl (C=O) groups excluding carboxylic acids is 2. The van der Waals surface area contributed by atoms with Crippen LogP contribution in [0.1, 0.15) is 32.4 Å². The average Bonchev–Trinajstić information content (AvgIpc) is 2.85.